The predicted octanol–water partition coefficient (Wildman–Crippen LogP) is 3.66. The predicted molar refractivity (Wildman–Crippen MR) is 102 cm³/mol. The Balaban J connectivity index is 1.78. The number of carbonyl (C=O) groups is 1. The van der Waals surface area contributed by atoms with E-state index in [2.05, 4.69) is 26.2 Å². The lowest BCUT2D eigenvalue weighted by molar-refractivity contribution is -0.113. The third-order valence-corrected chi connectivity index (χ3v) is 6.21. The van der Waals surface area contributed by atoms with Crippen LogP contribution in [0.5, 0.6) is 5.75 Å². The van der Waals surface area contributed by atoms with Crippen LogP contribution in [0.15, 0.2) is 43.8 Å². The van der Waals surface area contributed by atoms with Crippen molar-refractivity contribution >= 4 is 60.8 Å². The van der Waals surface area contributed by atoms with E-state index < -0.39 is 5.56 Å². The molecule has 2 heterocycles. The van der Waals surface area contributed by atoms with Crippen LogP contribution in [-0.2, 0) is 4.79 Å². The van der Waals surface area contributed by atoms with Crippen molar-refractivity contribution in [3.8, 4) is 11.8 Å². The number of halogens is 1. The summed E-state index contributed by atoms with van der Waals surface area (Å²) in [6, 6.07) is 10.3. The second-order valence-electron chi connectivity index (χ2n) is 4.94. The molecular formula is C16H10BrN3O3S2. The number of carbonyl (C=O) groups excluding carboxylic acids is 1. The molecule has 2 aromatic heterocycles. The highest BCUT2D eigenvalue weighted by Gasteiger charge is 2.17. The first-order chi connectivity index (χ1) is 12.0. The molecule has 0 unspecified atom stereocenters. The number of thiophene rings is 1. The van der Waals surface area contributed by atoms with Gasteiger partial charge in [0.05, 0.1) is 20.2 Å². The molecule has 3 aromatic rings. The Morgan fingerprint density at radius 2 is 2.12 bits per heavy atom. The van der Waals surface area contributed by atoms with Gasteiger partial charge < -0.3 is 15.4 Å². The Morgan fingerprint density at radius 3 is 2.80 bits per heavy atom. The van der Waals surface area contributed by atoms with Gasteiger partial charge in [0.25, 0.3) is 5.56 Å². The number of hydrogen-bond acceptors (Lipinski definition) is 6. The fourth-order valence-electron chi connectivity index (χ4n) is 2.12. The number of aromatic nitrogens is 1. The molecule has 0 radical (unpaired) electrons. The van der Waals surface area contributed by atoms with Gasteiger partial charge in [-0.05, 0) is 24.3 Å². The quantitative estimate of drug-likeness (QED) is 0.542. The van der Waals surface area contributed by atoms with E-state index in [1.165, 1.54) is 23.1 Å². The molecule has 0 aliphatic rings. The van der Waals surface area contributed by atoms with Gasteiger partial charge in [-0.1, -0.05) is 15.9 Å². The van der Waals surface area contributed by atoms with Crippen molar-refractivity contribution in [1.29, 1.82) is 5.26 Å². The minimum Gasteiger partial charge on any atom is -0.506 e. The second kappa shape index (κ2) is 7.31. The summed E-state index contributed by atoms with van der Waals surface area (Å²) < 4.78 is 1.91. The summed E-state index contributed by atoms with van der Waals surface area (Å²) in [4.78, 5) is 26.1. The zero-order valence-corrected chi connectivity index (χ0v) is 15.7. The van der Waals surface area contributed by atoms with Crippen molar-refractivity contribution in [2.24, 2.45) is 0 Å². The molecule has 0 saturated carbocycles. The number of pyridine rings is 1. The van der Waals surface area contributed by atoms with Crippen LogP contribution in [0, 0.1) is 11.3 Å². The molecule has 25 heavy (non-hydrogen) atoms. The van der Waals surface area contributed by atoms with Gasteiger partial charge in [-0.25, -0.2) is 0 Å². The number of thioether (sulfide) groups is 1. The van der Waals surface area contributed by atoms with Gasteiger partial charge in [0, 0.05) is 16.2 Å². The van der Waals surface area contributed by atoms with Crippen LogP contribution < -0.4 is 10.9 Å². The number of aromatic amines is 1. The zero-order valence-electron chi connectivity index (χ0n) is 12.5. The monoisotopic (exact) mass is 435 g/mol. The Bertz CT molecular complexity index is 1050. The topological polar surface area (TPSA) is 106 Å². The molecule has 3 rings (SSSR count). The number of H-pyrrole nitrogens is 1. The number of amides is 1. The zero-order chi connectivity index (χ0) is 18.0. The lowest BCUT2D eigenvalue weighted by Gasteiger charge is -2.04. The molecule has 0 aliphatic heterocycles. The Labute approximate surface area is 158 Å². The van der Waals surface area contributed by atoms with E-state index in [0.29, 0.717) is 20.1 Å². The summed E-state index contributed by atoms with van der Waals surface area (Å²) in [7, 11) is 0. The van der Waals surface area contributed by atoms with Crippen LogP contribution in [0.1, 0.15) is 5.56 Å². The molecule has 126 valence electrons. The van der Waals surface area contributed by atoms with Crippen molar-refractivity contribution in [1.82, 2.24) is 4.98 Å². The second-order valence-corrected chi connectivity index (χ2v) is 8.12. The van der Waals surface area contributed by atoms with Gasteiger partial charge >= 0.3 is 0 Å². The molecule has 9 heteroatoms. The summed E-state index contributed by atoms with van der Waals surface area (Å²) in [6.45, 7) is 0. The standard InChI is InChI=1S/C16H10BrN3O3S2/c17-8-1-3-9(4-2-8)19-13(23)7-24-16-10(6-18)14-15(25-16)11(21)5-12(22)20-14/h1-5H,7H2,(H,19,23)(H2,20,21,22). The van der Waals surface area contributed by atoms with Crippen LogP contribution in [0.25, 0.3) is 10.2 Å². The summed E-state index contributed by atoms with van der Waals surface area (Å²) in [5.41, 5.74) is 0.749. The fourth-order valence-corrected chi connectivity index (χ4v) is 4.53. The van der Waals surface area contributed by atoms with E-state index in [1.807, 2.05) is 18.2 Å². The first kappa shape index (κ1) is 17.5. The average Bonchev–Trinajstić information content (AvgIpc) is 2.93. The molecular weight excluding hydrogens is 426 g/mol. The van der Waals surface area contributed by atoms with Crippen molar-refractivity contribution in [2.75, 3.05) is 11.1 Å². The number of nitriles is 1. The third-order valence-electron chi connectivity index (χ3n) is 3.20. The first-order valence-electron chi connectivity index (χ1n) is 6.95. The maximum absolute atomic E-state index is 12.1. The first-order valence-corrected chi connectivity index (χ1v) is 9.54. The number of nitrogens with zero attached hydrogens (tertiary/aromatic N) is 1. The molecule has 0 spiro atoms. The van der Waals surface area contributed by atoms with Crippen molar-refractivity contribution in [2.45, 2.75) is 4.21 Å². The average molecular weight is 436 g/mol. The molecule has 1 aromatic carbocycles. The van der Waals surface area contributed by atoms with Gasteiger partial charge in [-0.3, -0.25) is 9.59 Å². The number of benzene rings is 1. The smallest absolute Gasteiger partial charge is 0.252 e. The molecule has 0 bridgehead atoms. The highest BCUT2D eigenvalue weighted by Crippen LogP contribution is 2.39. The Hall–Kier alpha value is -2.28. The highest BCUT2D eigenvalue weighted by molar-refractivity contribution is 9.10. The molecule has 6 nitrogen and oxygen atoms in total. The molecule has 0 saturated heterocycles. The number of rotatable bonds is 4. The SMILES string of the molecule is N#Cc1c(SCC(=O)Nc2ccc(Br)cc2)sc2c(O)cc(=O)[nH]c12. The molecule has 3 N–H and O–H groups in total. The van der Waals surface area contributed by atoms with Crippen molar-refractivity contribution < 1.29 is 9.90 Å². The number of nitrogens with one attached hydrogen (secondary N) is 2. The maximum atomic E-state index is 12.1. The largest absolute Gasteiger partial charge is 0.506 e. The van der Waals surface area contributed by atoms with E-state index in [4.69, 9.17) is 0 Å². The minimum absolute atomic E-state index is 0.0998. The minimum atomic E-state index is -0.483. The molecule has 0 fully saturated rings. The number of fused-ring (bicyclic) bond motifs is 1. The molecule has 0 aliphatic carbocycles. The van der Waals surface area contributed by atoms with E-state index >= 15 is 0 Å². The van der Waals surface area contributed by atoms with Crippen LogP contribution >= 0.6 is 39.0 Å². The summed E-state index contributed by atoms with van der Waals surface area (Å²) in [6.07, 6.45) is 0. The van der Waals surface area contributed by atoms with Crippen molar-refractivity contribution in [3.05, 3.63) is 50.7 Å². The molecule has 0 atom stereocenters. The summed E-state index contributed by atoms with van der Waals surface area (Å²) >= 11 is 5.68. The van der Waals surface area contributed by atoms with Crippen LogP contribution in [0.2, 0.25) is 0 Å². The maximum Gasteiger partial charge on any atom is 0.252 e. The van der Waals surface area contributed by atoms with E-state index in [1.54, 1.807) is 12.1 Å². The third kappa shape index (κ3) is 3.87. The Kier molecular flexibility index (Phi) is 5.13. The van der Waals surface area contributed by atoms with E-state index in [0.717, 1.165) is 10.5 Å². The lowest BCUT2D eigenvalue weighted by atomic mass is 10.3. The van der Waals surface area contributed by atoms with Gasteiger partial charge in [-0.15, -0.1) is 23.1 Å². The lowest BCUT2D eigenvalue weighted by Crippen LogP contribution is -2.13. The highest BCUT2D eigenvalue weighted by atomic mass is 79.9. The van der Waals surface area contributed by atoms with Gasteiger partial charge in [0.1, 0.15) is 17.4 Å². The van der Waals surface area contributed by atoms with Gasteiger partial charge in [-0.2, -0.15) is 5.26 Å². The number of hydrogen-bond donors (Lipinski definition) is 3. The van der Waals surface area contributed by atoms with E-state index in [-0.39, 0.29) is 23.0 Å². The van der Waals surface area contributed by atoms with Crippen molar-refractivity contribution in [3.63, 3.8) is 0 Å². The fraction of sp³-hybridized carbons (Fsp3) is 0.0625. The van der Waals surface area contributed by atoms with Crippen LogP contribution in [0.3, 0.4) is 0 Å². The van der Waals surface area contributed by atoms with E-state index in [9.17, 15) is 20.0 Å². The summed E-state index contributed by atoms with van der Waals surface area (Å²) in [5.74, 6) is -0.291. The van der Waals surface area contributed by atoms with Gasteiger partial charge in [0.2, 0.25) is 5.91 Å². The van der Waals surface area contributed by atoms with Gasteiger partial charge in [0.15, 0.2) is 0 Å². The number of anilines is 1. The van der Waals surface area contributed by atoms with Crippen LogP contribution in [0.4, 0.5) is 5.69 Å². The molecule has 1 amide bonds. The number of aromatic hydroxyl groups is 1. The normalized spacial score (nSPS) is 10.6. The Morgan fingerprint density at radius 1 is 1.40 bits per heavy atom. The van der Waals surface area contributed by atoms with Crippen LogP contribution in [-0.4, -0.2) is 21.8 Å². The summed E-state index contributed by atoms with van der Waals surface area (Å²) in [5, 5.41) is 22.0.